The van der Waals surface area contributed by atoms with Crippen molar-refractivity contribution in [2.75, 3.05) is 26.1 Å². The molecule has 0 spiro atoms. The topological polar surface area (TPSA) is 96.5 Å². The van der Waals surface area contributed by atoms with Crippen molar-refractivity contribution in [1.82, 2.24) is 9.97 Å². The molecule has 10 heteroatoms. The summed E-state index contributed by atoms with van der Waals surface area (Å²) in [5.74, 6) is 0.211. The lowest BCUT2D eigenvalue weighted by Gasteiger charge is -2.38. The number of halogens is 3. The van der Waals surface area contributed by atoms with Gasteiger partial charge in [-0.15, -0.1) is 0 Å². The van der Waals surface area contributed by atoms with Crippen LogP contribution in [-0.2, 0) is 4.74 Å². The molecule has 2 aromatic heterocycles. The van der Waals surface area contributed by atoms with Gasteiger partial charge in [0.1, 0.15) is 0 Å². The molecule has 0 saturated carbocycles. The van der Waals surface area contributed by atoms with E-state index in [2.05, 4.69) is 15.3 Å². The van der Waals surface area contributed by atoms with Gasteiger partial charge in [0.25, 0.3) is 0 Å². The van der Waals surface area contributed by atoms with E-state index in [-0.39, 0.29) is 22.7 Å². The van der Waals surface area contributed by atoms with Crippen LogP contribution in [-0.4, -0.2) is 47.7 Å². The lowest BCUT2D eigenvalue weighted by molar-refractivity contribution is -0.279. The first kappa shape index (κ1) is 21.6. The number of methoxy groups -OCH3 is 2. The highest BCUT2D eigenvalue weighted by Gasteiger charge is 2.59. The van der Waals surface area contributed by atoms with Gasteiger partial charge in [-0.3, -0.25) is 4.79 Å². The number of nitrogens with one attached hydrogen (secondary N) is 2. The first-order chi connectivity index (χ1) is 14.2. The number of benzene rings is 1. The Hall–Kier alpha value is -3.11. The zero-order valence-electron chi connectivity index (χ0n) is 16.2. The van der Waals surface area contributed by atoms with Crippen molar-refractivity contribution in [3.63, 3.8) is 0 Å². The number of anilines is 1. The summed E-state index contributed by atoms with van der Waals surface area (Å²) in [5, 5.41) is 14.0. The molecule has 0 bridgehead atoms. The highest BCUT2D eigenvalue weighted by Crippen LogP contribution is 2.42. The van der Waals surface area contributed by atoms with Crippen LogP contribution < -0.4 is 15.6 Å². The fraction of sp³-hybridized carbons (Fsp3) is 0.300. The molecule has 0 aliphatic heterocycles. The molecule has 1 aromatic carbocycles. The fourth-order valence-electron chi connectivity index (χ4n) is 3.18. The molecular weight excluding hydrogens is 403 g/mol. The summed E-state index contributed by atoms with van der Waals surface area (Å²) in [6.07, 6.45) is -3.84. The molecule has 2 unspecified atom stereocenters. The Bertz CT molecular complexity index is 1070. The molecule has 3 rings (SSSR count). The maximum absolute atomic E-state index is 14.0. The van der Waals surface area contributed by atoms with Crippen LogP contribution in [0.1, 0.15) is 11.6 Å². The van der Waals surface area contributed by atoms with Crippen LogP contribution in [0.2, 0.25) is 0 Å². The van der Waals surface area contributed by atoms with Crippen LogP contribution in [0.25, 0.3) is 10.9 Å². The molecule has 160 valence electrons. The number of hydrogen-bond donors (Lipinski definition) is 3. The molecule has 2 heterocycles. The fourth-order valence-corrected chi connectivity index (χ4v) is 3.18. The predicted octanol–water partition coefficient (Wildman–Crippen LogP) is 3.02. The van der Waals surface area contributed by atoms with Crippen molar-refractivity contribution in [3.05, 3.63) is 64.6 Å². The summed E-state index contributed by atoms with van der Waals surface area (Å²) >= 11 is 0. The number of ether oxygens (including phenoxy) is 2. The van der Waals surface area contributed by atoms with Crippen molar-refractivity contribution in [1.29, 1.82) is 0 Å². The van der Waals surface area contributed by atoms with Gasteiger partial charge in [-0.25, -0.2) is 4.98 Å². The van der Waals surface area contributed by atoms with Gasteiger partial charge < -0.3 is 24.9 Å². The molecule has 0 aliphatic rings. The van der Waals surface area contributed by atoms with Crippen LogP contribution >= 0.6 is 0 Å². The van der Waals surface area contributed by atoms with Gasteiger partial charge in [-0.2, -0.15) is 13.2 Å². The molecule has 30 heavy (non-hydrogen) atoms. The quantitative estimate of drug-likeness (QED) is 0.541. The first-order valence-electron chi connectivity index (χ1n) is 8.86. The Morgan fingerprint density at radius 1 is 1.17 bits per heavy atom. The molecule has 2 atom stereocenters. The van der Waals surface area contributed by atoms with Gasteiger partial charge in [-0.1, -0.05) is 6.07 Å². The number of aromatic nitrogens is 2. The van der Waals surface area contributed by atoms with E-state index in [1.807, 2.05) is 0 Å². The minimum absolute atomic E-state index is 0.0640. The number of hydrogen-bond acceptors (Lipinski definition) is 6. The van der Waals surface area contributed by atoms with Crippen LogP contribution in [0.15, 0.2) is 53.5 Å². The zero-order chi connectivity index (χ0) is 21.9. The monoisotopic (exact) mass is 423 g/mol. The van der Waals surface area contributed by atoms with Crippen molar-refractivity contribution < 1.29 is 27.8 Å². The molecule has 3 aromatic rings. The average Bonchev–Trinajstić information content (AvgIpc) is 2.71. The molecule has 7 nitrogen and oxygen atoms in total. The SMILES string of the molecule is COCC(O)(C(Nc1cccc2[nH]c(=O)ccc12)c1ccc(OC)nc1)C(F)(F)F. The molecule has 0 radical (unpaired) electrons. The van der Waals surface area contributed by atoms with Crippen LogP contribution in [0.4, 0.5) is 18.9 Å². The van der Waals surface area contributed by atoms with Crippen molar-refractivity contribution in [2.45, 2.75) is 17.8 Å². The maximum Gasteiger partial charge on any atom is 0.421 e. The number of rotatable bonds is 7. The molecule has 0 fully saturated rings. The van der Waals surface area contributed by atoms with Gasteiger partial charge >= 0.3 is 6.18 Å². The molecular formula is C20H20F3N3O4. The van der Waals surface area contributed by atoms with Crippen LogP contribution in [0.5, 0.6) is 5.88 Å². The van der Waals surface area contributed by atoms with E-state index in [9.17, 15) is 23.1 Å². The highest BCUT2D eigenvalue weighted by atomic mass is 19.4. The van der Waals surface area contributed by atoms with Gasteiger partial charge in [0.15, 0.2) is 0 Å². The molecule has 3 N–H and O–H groups in total. The second-order valence-corrected chi connectivity index (χ2v) is 6.66. The Labute approximate surface area is 169 Å². The van der Waals surface area contributed by atoms with E-state index in [1.54, 1.807) is 18.2 Å². The minimum atomic E-state index is -5.03. The zero-order valence-corrected chi connectivity index (χ0v) is 16.2. The summed E-state index contributed by atoms with van der Waals surface area (Å²) in [4.78, 5) is 18.2. The summed E-state index contributed by atoms with van der Waals surface area (Å²) in [5.41, 5.74) is -2.84. The van der Waals surface area contributed by atoms with Crippen molar-refractivity contribution in [2.24, 2.45) is 0 Å². The largest absolute Gasteiger partial charge is 0.481 e. The Morgan fingerprint density at radius 2 is 1.93 bits per heavy atom. The van der Waals surface area contributed by atoms with E-state index in [0.29, 0.717) is 10.9 Å². The average molecular weight is 423 g/mol. The molecule has 0 aliphatic carbocycles. The molecule has 0 saturated heterocycles. The maximum atomic E-state index is 14.0. The van der Waals surface area contributed by atoms with E-state index < -0.39 is 24.4 Å². The number of H-pyrrole nitrogens is 1. The minimum Gasteiger partial charge on any atom is -0.481 e. The summed E-state index contributed by atoms with van der Waals surface area (Å²) in [6.45, 7) is -1.01. The summed E-state index contributed by atoms with van der Waals surface area (Å²) < 4.78 is 51.6. The molecule has 0 amide bonds. The number of nitrogens with zero attached hydrogens (tertiary/aromatic N) is 1. The normalized spacial score (nSPS) is 14.9. The first-order valence-corrected chi connectivity index (χ1v) is 8.86. The predicted molar refractivity (Wildman–Crippen MR) is 105 cm³/mol. The highest BCUT2D eigenvalue weighted by molar-refractivity contribution is 5.91. The number of aromatic amines is 1. The second kappa shape index (κ2) is 8.33. The van der Waals surface area contributed by atoms with Gasteiger partial charge in [0.05, 0.1) is 25.3 Å². The van der Waals surface area contributed by atoms with Crippen molar-refractivity contribution in [3.8, 4) is 5.88 Å². The number of fused-ring (bicyclic) bond motifs is 1. The van der Waals surface area contributed by atoms with E-state index >= 15 is 0 Å². The number of aliphatic hydroxyl groups is 1. The van der Waals surface area contributed by atoms with Crippen LogP contribution in [0, 0.1) is 0 Å². The van der Waals surface area contributed by atoms with Gasteiger partial charge in [-0.05, 0) is 29.8 Å². The third-order valence-corrected chi connectivity index (χ3v) is 4.70. The lowest BCUT2D eigenvalue weighted by atomic mass is 9.88. The van der Waals surface area contributed by atoms with E-state index in [4.69, 9.17) is 9.47 Å². The number of alkyl halides is 3. The smallest absolute Gasteiger partial charge is 0.421 e. The number of pyridine rings is 2. The van der Waals surface area contributed by atoms with Crippen molar-refractivity contribution >= 4 is 16.6 Å². The Morgan fingerprint density at radius 3 is 2.53 bits per heavy atom. The Balaban J connectivity index is 2.15. The third kappa shape index (κ3) is 4.10. The summed E-state index contributed by atoms with van der Waals surface area (Å²) in [7, 11) is 2.45. The third-order valence-electron chi connectivity index (χ3n) is 4.70. The van der Waals surface area contributed by atoms with Crippen LogP contribution in [0.3, 0.4) is 0 Å². The van der Waals surface area contributed by atoms with Gasteiger partial charge in [0.2, 0.25) is 17.0 Å². The summed E-state index contributed by atoms with van der Waals surface area (Å²) in [6, 6.07) is 8.61. The van der Waals surface area contributed by atoms with E-state index in [1.165, 1.54) is 37.6 Å². The standard InChI is InChI=1S/C20H20F3N3O4/c1-29-11-19(28,20(21,22)23)18(12-6-9-17(30-2)24-10-12)26-15-5-3-4-14-13(15)7-8-16(27)25-14/h3-10,18,26,28H,11H2,1-2H3,(H,25,27). The Kier molecular flexibility index (Phi) is 5.99. The lowest BCUT2D eigenvalue weighted by Crippen LogP contribution is -2.55. The van der Waals surface area contributed by atoms with Gasteiger partial charge in [0, 0.05) is 36.5 Å². The second-order valence-electron chi connectivity index (χ2n) is 6.66. The van der Waals surface area contributed by atoms with E-state index in [0.717, 1.165) is 7.11 Å².